The zero-order valence-corrected chi connectivity index (χ0v) is 7.16. The summed E-state index contributed by atoms with van der Waals surface area (Å²) in [5, 5.41) is 18.5. The van der Waals surface area contributed by atoms with Gasteiger partial charge in [-0.1, -0.05) is 25.8 Å². The van der Waals surface area contributed by atoms with Crippen LogP contribution in [0.1, 0.15) is 32.6 Å². The lowest BCUT2D eigenvalue weighted by Gasteiger charge is -2.15. The summed E-state index contributed by atoms with van der Waals surface area (Å²) in [6, 6.07) is 0. The second-order valence-corrected chi connectivity index (χ2v) is 2.80. The van der Waals surface area contributed by atoms with Crippen LogP contribution in [0.2, 0.25) is 0 Å². The molecule has 0 radical (unpaired) electrons. The van der Waals surface area contributed by atoms with E-state index in [9.17, 15) is 10.2 Å². The number of unbranched alkanes of at least 4 members (excludes halogenated alkanes) is 1. The van der Waals surface area contributed by atoms with E-state index in [-0.39, 0.29) is 0 Å². The van der Waals surface area contributed by atoms with Gasteiger partial charge in [0.05, 0.1) is 12.2 Å². The van der Waals surface area contributed by atoms with Crippen molar-refractivity contribution in [3.8, 4) is 0 Å². The lowest BCUT2D eigenvalue weighted by Crippen LogP contribution is -2.24. The third-order valence-corrected chi connectivity index (χ3v) is 1.71. The third-order valence-electron chi connectivity index (χ3n) is 1.71. The van der Waals surface area contributed by atoms with Crippen molar-refractivity contribution in [1.29, 1.82) is 0 Å². The first-order valence-electron chi connectivity index (χ1n) is 4.19. The van der Waals surface area contributed by atoms with Crippen molar-refractivity contribution >= 4 is 0 Å². The molecule has 0 amide bonds. The van der Waals surface area contributed by atoms with E-state index in [0.29, 0.717) is 12.8 Å². The maximum absolute atomic E-state index is 9.28. The molecule has 0 aliphatic rings. The first kappa shape index (κ1) is 10.7. The largest absolute Gasteiger partial charge is 0.390 e. The van der Waals surface area contributed by atoms with Gasteiger partial charge in [0.2, 0.25) is 0 Å². The van der Waals surface area contributed by atoms with E-state index in [1.54, 1.807) is 6.08 Å². The predicted molar refractivity (Wildman–Crippen MR) is 46.4 cm³/mol. The molecule has 0 aromatic carbocycles. The van der Waals surface area contributed by atoms with Crippen LogP contribution >= 0.6 is 0 Å². The topological polar surface area (TPSA) is 40.5 Å². The summed E-state index contributed by atoms with van der Waals surface area (Å²) in [6.45, 7) is 5.55. The van der Waals surface area contributed by atoms with E-state index in [1.165, 1.54) is 0 Å². The summed E-state index contributed by atoms with van der Waals surface area (Å²) < 4.78 is 0. The molecule has 0 fully saturated rings. The van der Waals surface area contributed by atoms with E-state index >= 15 is 0 Å². The first-order chi connectivity index (χ1) is 5.22. The van der Waals surface area contributed by atoms with Crippen LogP contribution in [0, 0.1) is 0 Å². The van der Waals surface area contributed by atoms with Gasteiger partial charge in [0.15, 0.2) is 0 Å². The highest BCUT2D eigenvalue weighted by Gasteiger charge is 2.12. The molecule has 0 aromatic heterocycles. The van der Waals surface area contributed by atoms with Gasteiger partial charge in [-0.2, -0.15) is 0 Å². The quantitative estimate of drug-likeness (QED) is 0.575. The average molecular weight is 158 g/mol. The minimum atomic E-state index is -0.626. The standard InChI is InChI=1S/C9H18O2/c1-3-5-7-9(11)8(10)6-4-2/h4,8-11H,2-3,5-7H2,1H3. The highest BCUT2D eigenvalue weighted by Crippen LogP contribution is 2.07. The highest BCUT2D eigenvalue weighted by molar-refractivity contribution is 4.77. The Labute approximate surface area is 68.6 Å². The Hall–Kier alpha value is -0.340. The second kappa shape index (κ2) is 6.38. The van der Waals surface area contributed by atoms with E-state index < -0.39 is 12.2 Å². The van der Waals surface area contributed by atoms with Crippen molar-refractivity contribution in [3.05, 3.63) is 12.7 Å². The fraction of sp³-hybridized carbons (Fsp3) is 0.778. The van der Waals surface area contributed by atoms with Crippen molar-refractivity contribution < 1.29 is 10.2 Å². The first-order valence-corrected chi connectivity index (χ1v) is 4.19. The zero-order valence-electron chi connectivity index (χ0n) is 7.16. The molecule has 2 heteroatoms. The predicted octanol–water partition coefficient (Wildman–Crippen LogP) is 1.47. The van der Waals surface area contributed by atoms with Crippen LogP contribution in [0.25, 0.3) is 0 Å². The van der Waals surface area contributed by atoms with Crippen LogP contribution in [0.4, 0.5) is 0 Å². The molecule has 0 rings (SSSR count). The van der Waals surface area contributed by atoms with Gasteiger partial charge in [0, 0.05) is 0 Å². The number of aliphatic hydroxyl groups excluding tert-OH is 2. The third kappa shape index (κ3) is 4.99. The van der Waals surface area contributed by atoms with Gasteiger partial charge in [-0.25, -0.2) is 0 Å². The Kier molecular flexibility index (Phi) is 6.18. The molecule has 2 nitrogen and oxygen atoms in total. The summed E-state index contributed by atoms with van der Waals surface area (Å²) in [6.07, 6.45) is 3.61. The molecule has 0 saturated heterocycles. The maximum atomic E-state index is 9.28. The Balaban J connectivity index is 3.45. The second-order valence-electron chi connectivity index (χ2n) is 2.80. The number of aliphatic hydroxyl groups is 2. The van der Waals surface area contributed by atoms with E-state index in [4.69, 9.17) is 0 Å². The van der Waals surface area contributed by atoms with Gasteiger partial charge in [0.25, 0.3) is 0 Å². The van der Waals surface area contributed by atoms with E-state index in [1.807, 2.05) is 0 Å². The summed E-state index contributed by atoms with van der Waals surface area (Å²) in [5.41, 5.74) is 0. The van der Waals surface area contributed by atoms with Gasteiger partial charge in [-0.15, -0.1) is 6.58 Å². The van der Waals surface area contributed by atoms with Crippen molar-refractivity contribution in [2.24, 2.45) is 0 Å². The number of hydrogen-bond donors (Lipinski definition) is 2. The summed E-state index contributed by atoms with van der Waals surface area (Å²) in [7, 11) is 0. The molecule has 0 aliphatic carbocycles. The molecular weight excluding hydrogens is 140 g/mol. The van der Waals surface area contributed by atoms with Crippen molar-refractivity contribution in [2.45, 2.75) is 44.8 Å². The van der Waals surface area contributed by atoms with Crippen LogP contribution < -0.4 is 0 Å². The van der Waals surface area contributed by atoms with Gasteiger partial charge >= 0.3 is 0 Å². The van der Waals surface area contributed by atoms with Crippen LogP contribution in [0.15, 0.2) is 12.7 Å². The molecule has 0 heterocycles. The lowest BCUT2D eigenvalue weighted by molar-refractivity contribution is 0.0156. The molecule has 2 N–H and O–H groups in total. The molecule has 11 heavy (non-hydrogen) atoms. The monoisotopic (exact) mass is 158 g/mol. The molecule has 0 spiro atoms. The molecule has 0 bridgehead atoms. The van der Waals surface area contributed by atoms with E-state index in [0.717, 1.165) is 12.8 Å². The fourth-order valence-electron chi connectivity index (χ4n) is 0.933. The van der Waals surface area contributed by atoms with Crippen LogP contribution in [-0.4, -0.2) is 22.4 Å². The molecule has 0 aromatic rings. The minimum absolute atomic E-state index is 0.477. The van der Waals surface area contributed by atoms with Crippen molar-refractivity contribution in [1.82, 2.24) is 0 Å². The fourth-order valence-corrected chi connectivity index (χ4v) is 0.933. The van der Waals surface area contributed by atoms with Crippen molar-refractivity contribution in [2.75, 3.05) is 0 Å². The van der Waals surface area contributed by atoms with Crippen LogP contribution in [-0.2, 0) is 0 Å². The number of rotatable bonds is 6. The van der Waals surface area contributed by atoms with Crippen LogP contribution in [0.5, 0.6) is 0 Å². The molecule has 2 unspecified atom stereocenters. The summed E-state index contributed by atoms with van der Waals surface area (Å²) in [4.78, 5) is 0. The van der Waals surface area contributed by atoms with Gasteiger partial charge in [-0.05, 0) is 12.8 Å². The summed E-state index contributed by atoms with van der Waals surface area (Å²) in [5.74, 6) is 0. The Morgan fingerprint density at radius 2 is 2.00 bits per heavy atom. The molecule has 66 valence electrons. The SMILES string of the molecule is C=CCC(O)C(O)CCCC. The lowest BCUT2D eigenvalue weighted by atomic mass is 10.1. The van der Waals surface area contributed by atoms with Gasteiger partial charge < -0.3 is 10.2 Å². The normalized spacial score (nSPS) is 15.9. The van der Waals surface area contributed by atoms with Crippen molar-refractivity contribution in [3.63, 3.8) is 0 Å². The Bertz CT molecular complexity index is 102. The highest BCUT2D eigenvalue weighted by atomic mass is 16.3. The molecule has 0 saturated carbocycles. The Morgan fingerprint density at radius 3 is 2.45 bits per heavy atom. The smallest absolute Gasteiger partial charge is 0.0833 e. The Morgan fingerprint density at radius 1 is 1.36 bits per heavy atom. The zero-order chi connectivity index (χ0) is 8.69. The van der Waals surface area contributed by atoms with E-state index in [2.05, 4.69) is 13.5 Å². The van der Waals surface area contributed by atoms with Gasteiger partial charge in [0.1, 0.15) is 0 Å². The van der Waals surface area contributed by atoms with Gasteiger partial charge in [-0.3, -0.25) is 0 Å². The maximum Gasteiger partial charge on any atom is 0.0833 e. The molecule has 0 aliphatic heterocycles. The minimum Gasteiger partial charge on any atom is -0.390 e. The summed E-state index contributed by atoms with van der Waals surface area (Å²) >= 11 is 0. The average Bonchev–Trinajstić information content (AvgIpc) is 2.00. The number of hydrogen-bond acceptors (Lipinski definition) is 2. The molecule has 2 atom stereocenters. The van der Waals surface area contributed by atoms with Crippen LogP contribution in [0.3, 0.4) is 0 Å². The molecular formula is C9H18O2.